The number of aliphatic hydroxyl groups is 1. The van der Waals surface area contributed by atoms with E-state index in [-0.39, 0.29) is 43.8 Å². The van der Waals surface area contributed by atoms with Gasteiger partial charge in [0.2, 0.25) is 0 Å². The molecule has 0 rings (SSSR count). The van der Waals surface area contributed by atoms with Crippen LogP contribution < -0.4 is 0 Å². The van der Waals surface area contributed by atoms with Crippen molar-refractivity contribution in [2.75, 3.05) is 26.4 Å². The number of esters is 1. The molecule has 0 bridgehead atoms. The van der Waals surface area contributed by atoms with E-state index in [1.54, 1.807) is 27.7 Å². The molecular formula is C19H41O7PSi. The number of rotatable bonds is 13. The van der Waals surface area contributed by atoms with E-state index >= 15 is 0 Å². The highest BCUT2D eigenvalue weighted by Crippen LogP contribution is 2.55. The first-order valence-electron chi connectivity index (χ1n) is 10.1. The third-order valence-corrected chi connectivity index (χ3v) is 12.2. The monoisotopic (exact) mass is 440 g/mol. The van der Waals surface area contributed by atoms with E-state index in [1.807, 2.05) is 0 Å². The lowest BCUT2D eigenvalue weighted by molar-refractivity contribution is -0.143. The fourth-order valence-corrected chi connectivity index (χ4v) is 5.45. The lowest BCUT2D eigenvalue weighted by Crippen LogP contribution is -2.43. The number of carbonyl (C=O) groups excluding carboxylic acids is 1. The Labute approximate surface area is 172 Å². The molecule has 0 fully saturated rings. The maximum absolute atomic E-state index is 13.2. The zero-order valence-corrected chi connectivity index (χ0v) is 21.0. The summed E-state index contributed by atoms with van der Waals surface area (Å²) >= 11 is 0. The van der Waals surface area contributed by atoms with Gasteiger partial charge in [-0.05, 0) is 51.2 Å². The predicted molar refractivity (Wildman–Crippen MR) is 114 cm³/mol. The van der Waals surface area contributed by atoms with Gasteiger partial charge in [0, 0.05) is 0 Å². The summed E-state index contributed by atoms with van der Waals surface area (Å²) in [5.41, 5.74) is -1.08. The van der Waals surface area contributed by atoms with E-state index in [1.165, 1.54) is 0 Å². The second-order valence-electron chi connectivity index (χ2n) is 8.49. The highest BCUT2D eigenvalue weighted by atomic mass is 31.2. The number of aliphatic hydroxyl groups excluding tert-OH is 1. The fourth-order valence-electron chi connectivity index (χ4n) is 2.35. The molecule has 0 saturated heterocycles. The van der Waals surface area contributed by atoms with Gasteiger partial charge in [-0.25, -0.2) is 0 Å². The third-order valence-electron chi connectivity index (χ3n) is 5.23. The van der Waals surface area contributed by atoms with Crippen molar-refractivity contribution in [1.29, 1.82) is 0 Å². The Balaban J connectivity index is 5.30. The molecule has 1 N–H and O–H groups in total. The van der Waals surface area contributed by atoms with Crippen molar-refractivity contribution < 1.29 is 32.7 Å². The molecule has 0 unspecified atom stereocenters. The zero-order valence-electron chi connectivity index (χ0n) is 19.1. The van der Waals surface area contributed by atoms with Gasteiger partial charge >= 0.3 is 13.6 Å². The van der Waals surface area contributed by atoms with Gasteiger partial charge in [-0.2, -0.15) is 0 Å². The van der Waals surface area contributed by atoms with Gasteiger partial charge in [-0.3, -0.25) is 9.36 Å². The summed E-state index contributed by atoms with van der Waals surface area (Å²) in [6, 6.07) is 0. The molecule has 168 valence electrons. The second kappa shape index (κ2) is 11.8. The Morgan fingerprint density at radius 2 is 1.57 bits per heavy atom. The van der Waals surface area contributed by atoms with Crippen molar-refractivity contribution in [2.24, 2.45) is 5.92 Å². The van der Waals surface area contributed by atoms with Crippen LogP contribution in [0.1, 0.15) is 54.9 Å². The Morgan fingerprint density at radius 1 is 1.07 bits per heavy atom. The molecule has 9 heteroatoms. The Kier molecular flexibility index (Phi) is 11.7. The topological polar surface area (TPSA) is 91.3 Å². The van der Waals surface area contributed by atoms with Crippen LogP contribution in [-0.4, -0.2) is 57.6 Å². The molecule has 0 aliphatic rings. The number of hydrogen-bond acceptors (Lipinski definition) is 7. The van der Waals surface area contributed by atoms with Crippen LogP contribution in [0.4, 0.5) is 0 Å². The predicted octanol–water partition coefficient (Wildman–Crippen LogP) is 4.59. The summed E-state index contributed by atoms with van der Waals surface area (Å²) in [6.07, 6.45) is -0.680. The Hall–Kier alpha value is -0.243. The summed E-state index contributed by atoms with van der Waals surface area (Å²) in [7, 11) is -5.71. The average Bonchev–Trinajstić information content (AvgIpc) is 2.56. The minimum atomic E-state index is -3.70. The van der Waals surface area contributed by atoms with Crippen LogP contribution in [0.3, 0.4) is 0 Å². The quantitative estimate of drug-likeness (QED) is 0.254. The Bertz CT molecular complexity index is 509. The average molecular weight is 441 g/mol. The molecular weight excluding hydrogens is 399 g/mol. The molecule has 0 heterocycles. The van der Waals surface area contributed by atoms with Gasteiger partial charge in [0.05, 0.1) is 32.5 Å². The minimum Gasteiger partial charge on any atom is -0.465 e. The molecule has 0 aromatic heterocycles. The van der Waals surface area contributed by atoms with Crippen molar-refractivity contribution in [2.45, 2.75) is 84.8 Å². The summed E-state index contributed by atoms with van der Waals surface area (Å²) in [5, 5.41) is 10.6. The molecule has 0 aliphatic heterocycles. The van der Waals surface area contributed by atoms with Gasteiger partial charge in [-0.15, -0.1) is 0 Å². The van der Waals surface area contributed by atoms with E-state index in [4.69, 9.17) is 18.2 Å². The first kappa shape index (κ1) is 27.8. The zero-order chi connectivity index (χ0) is 22.2. The van der Waals surface area contributed by atoms with E-state index in [0.29, 0.717) is 0 Å². The molecule has 0 saturated carbocycles. The van der Waals surface area contributed by atoms with Gasteiger partial charge in [-0.1, -0.05) is 27.7 Å². The standard InChI is InChI=1S/C19H41O7PSi/c1-10-23-18(21)17(27(22,24-11-2)25-12-3)13-15(4)16(20)14-26-28(8,9)19(5,6)7/h15-17,20H,10-14H2,1-9H3/t15-,16+,17-/m0/s1. The summed E-state index contributed by atoms with van der Waals surface area (Å²) in [6.45, 7) is 18.1. The third kappa shape index (κ3) is 8.25. The SMILES string of the molecule is CCOC(=O)[C@H](C[C@H](C)[C@H](O)CO[Si](C)(C)C(C)(C)C)P(=O)(OCC)OCC. The maximum Gasteiger partial charge on any atom is 0.344 e. The lowest BCUT2D eigenvalue weighted by Gasteiger charge is -2.37. The van der Waals surface area contributed by atoms with Crippen molar-refractivity contribution >= 4 is 21.9 Å². The van der Waals surface area contributed by atoms with Crippen LogP contribution in [0.2, 0.25) is 18.1 Å². The number of ether oxygens (including phenoxy) is 1. The highest BCUT2D eigenvalue weighted by molar-refractivity contribution is 7.55. The van der Waals surface area contributed by atoms with Gasteiger partial charge < -0.3 is 23.3 Å². The van der Waals surface area contributed by atoms with Gasteiger partial charge in [0.1, 0.15) is 0 Å². The van der Waals surface area contributed by atoms with Crippen LogP contribution in [-0.2, 0) is 27.6 Å². The molecule has 0 aromatic carbocycles. The molecule has 0 radical (unpaired) electrons. The first-order valence-corrected chi connectivity index (χ1v) is 14.6. The molecule has 0 aromatic rings. The minimum absolute atomic E-state index is 0.0308. The smallest absolute Gasteiger partial charge is 0.344 e. The van der Waals surface area contributed by atoms with Crippen LogP contribution in [0.5, 0.6) is 0 Å². The first-order chi connectivity index (χ1) is 12.8. The number of carbonyl (C=O) groups is 1. The summed E-state index contributed by atoms with van der Waals surface area (Å²) < 4.78 is 35.1. The van der Waals surface area contributed by atoms with Gasteiger partial charge in [0.15, 0.2) is 14.0 Å². The lowest BCUT2D eigenvalue weighted by atomic mass is 9.99. The van der Waals surface area contributed by atoms with Crippen molar-refractivity contribution in [3.05, 3.63) is 0 Å². The second-order valence-corrected chi connectivity index (χ2v) is 15.5. The van der Waals surface area contributed by atoms with E-state index in [2.05, 4.69) is 33.9 Å². The summed E-state index contributed by atoms with van der Waals surface area (Å²) in [4.78, 5) is 12.5. The molecule has 0 amide bonds. The van der Waals surface area contributed by atoms with Crippen molar-refractivity contribution in [1.82, 2.24) is 0 Å². The largest absolute Gasteiger partial charge is 0.465 e. The van der Waals surface area contributed by atoms with Crippen LogP contribution >= 0.6 is 7.60 Å². The fraction of sp³-hybridized carbons (Fsp3) is 0.947. The van der Waals surface area contributed by atoms with Crippen molar-refractivity contribution in [3.63, 3.8) is 0 Å². The Morgan fingerprint density at radius 3 is 1.96 bits per heavy atom. The highest BCUT2D eigenvalue weighted by Gasteiger charge is 2.44. The van der Waals surface area contributed by atoms with Gasteiger partial charge in [0.25, 0.3) is 0 Å². The number of hydrogen-bond donors (Lipinski definition) is 1. The maximum atomic E-state index is 13.2. The molecule has 3 atom stereocenters. The molecule has 7 nitrogen and oxygen atoms in total. The molecule has 0 aliphatic carbocycles. The molecule has 0 spiro atoms. The van der Waals surface area contributed by atoms with E-state index < -0.39 is 33.6 Å². The van der Waals surface area contributed by atoms with E-state index in [0.717, 1.165) is 0 Å². The van der Waals surface area contributed by atoms with Crippen LogP contribution in [0, 0.1) is 5.92 Å². The van der Waals surface area contributed by atoms with E-state index in [9.17, 15) is 14.5 Å². The molecule has 28 heavy (non-hydrogen) atoms. The van der Waals surface area contributed by atoms with Crippen LogP contribution in [0.15, 0.2) is 0 Å². The summed E-state index contributed by atoms with van der Waals surface area (Å²) in [5.74, 6) is -0.981. The van der Waals surface area contributed by atoms with Crippen LogP contribution in [0.25, 0.3) is 0 Å². The normalized spacial score (nSPS) is 16.5. The van der Waals surface area contributed by atoms with Crippen molar-refractivity contribution in [3.8, 4) is 0 Å².